The fraction of sp³-hybridized carbons (Fsp3) is 0.240. The van der Waals surface area contributed by atoms with Crippen molar-refractivity contribution in [2.45, 2.75) is 71.1 Å². The quantitative estimate of drug-likeness (QED) is 0.175. The first-order valence-electron chi connectivity index (χ1n) is 19.0. The summed E-state index contributed by atoms with van der Waals surface area (Å²) in [6.07, 6.45) is 9.91. The Bertz CT molecular complexity index is 2820. The van der Waals surface area contributed by atoms with Crippen LogP contribution >= 0.6 is 0 Å². The molecule has 6 aliphatic rings. The molecule has 2 spiro atoms. The summed E-state index contributed by atoms with van der Waals surface area (Å²) < 4.78 is 2.63. The fourth-order valence-corrected chi connectivity index (χ4v) is 11.7. The van der Waals surface area contributed by atoms with E-state index < -0.39 is 0 Å². The van der Waals surface area contributed by atoms with E-state index in [9.17, 15) is 0 Å². The Labute approximate surface area is 300 Å². The highest BCUT2D eigenvalue weighted by molar-refractivity contribution is 6.16. The van der Waals surface area contributed by atoms with Crippen LogP contribution in [0, 0.1) is 19.3 Å². The minimum atomic E-state index is -0.380. The molecule has 1 aliphatic heterocycles. The van der Waals surface area contributed by atoms with Gasteiger partial charge in [0.25, 0.3) is 0 Å². The zero-order valence-electron chi connectivity index (χ0n) is 30.3. The first-order chi connectivity index (χ1) is 24.7. The number of rotatable bonds is 2. The van der Waals surface area contributed by atoms with Gasteiger partial charge in [0.1, 0.15) is 0 Å². The molecule has 3 unspecified atom stereocenters. The third-order valence-electron chi connectivity index (χ3n) is 14.2. The minimum Gasteiger partial charge on any atom is -0.309 e. The molecule has 5 aliphatic carbocycles. The standard InChI is InChI=1S/C50H41N/c1-7-29(4)30-14-17-45-40(23-30)50-37-11-9-8-10-32(37)33-18-19-49(26-43(33)50)38(25-41-46(49)34-15-12-28(3)21-39(34)48(41,5)6)31-22-36-35-20-27(2)13-16-44(35)51(45)47(36)42(50)24-31/h8-25,29H,7,26H2,1-6H3. The predicted molar refractivity (Wildman–Crippen MR) is 213 cm³/mol. The molecule has 5 aromatic carbocycles. The van der Waals surface area contributed by atoms with E-state index in [2.05, 4.69) is 155 Å². The van der Waals surface area contributed by atoms with Gasteiger partial charge in [0.15, 0.2) is 0 Å². The van der Waals surface area contributed by atoms with E-state index in [1.54, 1.807) is 5.57 Å². The molecule has 246 valence electrons. The van der Waals surface area contributed by atoms with E-state index in [0.29, 0.717) is 5.92 Å². The van der Waals surface area contributed by atoms with Gasteiger partial charge < -0.3 is 4.57 Å². The van der Waals surface area contributed by atoms with Crippen LogP contribution < -0.4 is 0 Å². The van der Waals surface area contributed by atoms with Gasteiger partial charge in [0.05, 0.1) is 22.1 Å². The maximum Gasteiger partial charge on any atom is 0.0718 e. The number of aromatic nitrogens is 1. The Morgan fingerprint density at radius 2 is 1.59 bits per heavy atom. The lowest BCUT2D eigenvalue weighted by molar-refractivity contribution is 0.583. The van der Waals surface area contributed by atoms with E-state index in [1.165, 1.54) is 105 Å². The summed E-state index contributed by atoms with van der Waals surface area (Å²) in [6, 6.07) is 36.5. The Morgan fingerprint density at radius 1 is 0.765 bits per heavy atom. The van der Waals surface area contributed by atoms with Crippen molar-refractivity contribution in [2.24, 2.45) is 5.41 Å². The molecule has 2 heterocycles. The number of aryl methyl sites for hydroxylation is 2. The van der Waals surface area contributed by atoms with Crippen LogP contribution in [0.5, 0.6) is 0 Å². The first-order valence-corrected chi connectivity index (χ1v) is 19.0. The van der Waals surface area contributed by atoms with Crippen molar-refractivity contribution in [1.82, 2.24) is 4.57 Å². The minimum absolute atomic E-state index is 0.0659. The van der Waals surface area contributed by atoms with Gasteiger partial charge in [-0.15, -0.1) is 0 Å². The largest absolute Gasteiger partial charge is 0.309 e. The number of hydrogen-bond acceptors (Lipinski definition) is 0. The average Bonchev–Trinajstić information content (AvgIpc) is 3.80. The van der Waals surface area contributed by atoms with Crippen LogP contribution in [0.1, 0.15) is 102 Å². The van der Waals surface area contributed by atoms with Crippen molar-refractivity contribution in [3.8, 4) is 5.69 Å². The highest BCUT2D eigenvalue weighted by Gasteiger charge is 2.60. The van der Waals surface area contributed by atoms with E-state index in [1.807, 2.05) is 0 Å². The Balaban J connectivity index is 1.30. The van der Waals surface area contributed by atoms with E-state index in [0.717, 1.165) is 12.8 Å². The SMILES string of the molecule is CCC(C)c1ccc2c(c1)C13C4=C(C=CC5(C4)C(=CC4=C5c5ccc(C)cc5C4(C)C)c4cc1c1c(c4)c4cc(C)ccc4n1-2)c1ccccc13. The Hall–Kier alpha value is -5.14. The normalized spacial score (nSPS) is 24.0. The Morgan fingerprint density at radius 3 is 2.45 bits per heavy atom. The summed E-state index contributed by atoms with van der Waals surface area (Å²) in [5, 5.41) is 2.74. The van der Waals surface area contributed by atoms with Gasteiger partial charge >= 0.3 is 0 Å². The molecular formula is C50H41N. The summed E-state index contributed by atoms with van der Waals surface area (Å²) in [7, 11) is 0. The Kier molecular flexibility index (Phi) is 4.94. The molecule has 1 heteroatoms. The number of allylic oxidation sites excluding steroid dienone is 8. The van der Waals surface area contributed by atoms with E-state index in [4.69, 9.17) is 0 Å². The maximum atomic E-state index is 2.65. The molecule has 0 radical (unpaired) electrons. The van der Waals surface area contributed by atoms with Crippen molar-refractivity contribution in [3.05, 3.63) is 176 Å². The fourth-order valence-electron chi connectivity index (χ4n) is 11.7. The van der Waals surface area contributed by atoms with Crippen LogP contribution in [0.25, 0.3) is 44.2 Å². The van der Waals surface area contributed by atoms with Gasteiger partial charge in [-0.25, -0.2) is 0 Å². The van der Waals surface area contributed by atoms with Crippen LogP contribution in [0.2, 0.25) is 0 Å². The third kappa shape index (κ3) is 3.00. The second-order valence-electron chi connectivity index (χ2n) is 17.1. The lowest BCUT2D eigenvalue weighted by atomic mass is 9.56. The molecule has 1 nitrogen and oxygen atoms in total. The second-order valence-corrected chi connectivity index (χ2v) is 17.1. The monoisotopic (exact) mass is 655 g/mol. The molecule has 4 bridgehead atoms. The van der Waals surface area contributed by atoms with Crippen molar-refractivity contribution in [2.75, 3.05) is 0 Å². The van der Waals surface area contributed by atoms with E-state index >= 15 is 0 Å². The summed E-state index contributed by atoms with van der Waals surface area (Å²) in [4.78, 5) is 0. The predicted octanol–water partition coefficient (Wildman–Crippen LogP) is 12.4. The average molecular weight is 656 g/mol. The smallest absolute Gasteiger partial charge is 0.0718 e. The molecule has 51 heavy (non-hydrogen) atoms. The summed E-state index contributed by atoms with van der Waals surface area (Å²) in [5.41, 5.74) is 25.0. The van der Waals surface area contributed by atoms with Gasteiger partial charge in [-0.1, -0.05) is 118 Å². The molecule has 0 N–H and O–H groups in total. The highest BCUT2D eigenvalue weighted by Crippen LogP contribution is 2.72. The molecule has 0 saturated carbocycles. The lowest BCUT2D eigenvalue weighted by Gasteiger charge is -2.47. The van der Waals surface area contributed by atoms with Gasteiger partial charge in [0.2, 0.25) is 0 Å². The number of nitrogens with zero attached hydrogens (tertiary/aromatic N) is 1. The van der Waals surface area contributed by atoms with E-state index in [-0.39, 0.29) is 16.2 Å². The van der Waals surface area contributed by atoms with Crippen molar-refractivity contribution >= 4 is 38.5 Å². The van der Waals surface area contributed by atoms with Crippen LogP contribution in [0.3, 0.4) is 0 Å². The van der Waals surface area contributed by atoms with Crippen molar-refractivity contribution in [3.63, 3.8) is 0 Å². The highest BCUT2D eigenvalue weighted by atomic mass is 15.0. The molecule has 6 aromatic rings. The van der Waals surface area contributed by atoms with Crippen molar-refractivity contribution in [1.29, 1.82) is 0 Å². The van der Waals surface area contributed by atoms with Crippen LogP contribution in [0.4, 0.5) is 0 Å². The van der Waals surface area contributed by atoms with Crippen molar-refractivity contribution < 1.29 is 0 Å². The molecule has 0 amide bonds. The van der Waals surface area contributed by atoms with Gasteiger partial charge in [-0.05, 0) is 135 Å². The third-order valence-corrected chi connectivity index (χ3v) is 14.2. The van der Waals surface area contributed by atoms with Gasteiger partial charge in [0, 0.05) is 21.6 Å². The number of fused-ring (bicyclic) bond motifs is 11. The molecule has 1 aromatic heterocycles. The zero-order chi connectivity index (χ0) is 34.3. The van der Waals surface area contributed by atoms with Crippen LogP contribution in [-0.2, 0) is 10.8 Å². The molecule has 12 rings (SSSR count). The molecule has 0 fully saturated rings. The van der Waals surface area contributed by atoms with Gasteiger partial charge in [-0.2, -0.15) is 0 Å². The van der Waals surface area contributed by atoms with Gasteiger partial charge in [-0.3, -0.25) is 0 Å². The van der Waals surface area contributed by atoms with Crippen LogP contribution in [-0.4, -0.2) is 4.57 Å². The second kappa shape index (κ2) is 8.83. The lowest BCUT2D eigenvalue weighted by Crippen LogP contribution is -2.39. The topological polar surface area (TPSA) is 4.93 Å². The zero-order valence-corrected chi connectivity index (χ0v) is 30.3. The summed E-state index contributed by atoms with van der Waals surface area (Å²) >= 11 is 0. The molecule has 0 saturated heterocycles. The van der Waals surface area contributed by atoms with Crippen LogP contribution in [0.15, 0.2) is 120 Å². The number of benzene rings is 5. The molecular weight excluding hydrogens is 615 g/mol. The molecule has 3 atom stereocenters. The summed E-state index contributed by atoms with van der Waals surface area (Å²) in [5.74, 6) is 0.484. The number of hydrogen-bond donors (Lipinski definition) is 0. The first kappa shape index (κ1) is 28.5. The summed E-state index contributed by atoms with van der Waals surface area (Å²) in [6.45, 7) is 14.1. The maximum absolute atomic E-state index is 2.65.